The van der Waals surface area contributed by atoms with Gasteiger partial charge in [-0.05, 0) is 6.42 Å². The number of hydrogen-bond donors (Lipinski definition) is 1. The van der Waals surface area contributed by atoms with Crippen molar-refractivity contribution < 1.29 is 4.74 Å². The van der Waals surface area contributed by atoms with E-state index in [0.29, 0.717) is 6.10 Å². The molecule has 2 nitrogen and oxygen atoms in total. The van der Waals surface area contributed by atoms with Gasteiger partial charge in [0.1, 0.15) is 6.23 Å². The van der Waals surface area contributed by atoms with Crippen molar-refractivity contribution in [1.82, 2.24) is 0 Å². The largest absolute Gasteiger partial charge is 0.353 e. The summed E-state index contributed by atoms with van der Waals surface area (Å²) in [7, 11) is 0. The lowest BCUT2D eigenvalue weighted by molar-refractivity contribution is 0.371. The van der Waals surface area contributed by atoms with Crippen LogP contribution >= 0.6 is 22.6 Å². The zero-order valence-corrected chi connectivity index (χ0v) is 6.09. The summed E-state index contributed by atoms with van der Waals surface area (Å²) in [6, 6.07) is 0. The van der Waals surface area contributed by atoms with Gasteiger partial charge in [0.25, 0.3) is 0 Å². The van der Waals surface area contributed by atoms with Gasteiger partial charge in [0.15, 0.2) is 0 Å². The van der Waals surface area contributed by atoms with Gasteiger partial charge in [-0.15, -0.1) is 0 Å². The highest BCUT2D eigenvalue weighted by atomic mass is 127. The molecular formula is C4H8INO. The van der Waals surface area contributed by atoms with Crippen molar-refractivity contribution in [3.05, 3.63) is 0 Å². The number of nitrogens with two attached hydrogens (primary N) is 1. The Hall–Kier alpha value is 0.650. The number of hydrogen-bond acceptors (Lipinski definition) is 2. The molecule has 0 bridgehead atoms. The predicted octanol–water partition coefficient (Wildman–Crippen LogP) is 0.495. The van der Waals surface area contributed by atoms with Crippen LogP contribution in [-0.4, -0.2) is 16.8 Å². The lowest BCUT2D eigenvalue weighted by Gasteiger charge is -1.80. The van der Waals surface area contributed by atoms with E-state index in [4.69, 9.17) is 10.5 Å². The van der Waals surface area contributed by atoms with Gasteiger partial charge in [0.2, 0.25) is 0 Å². The molecule has 0 aliphatic carbocycles. The fourth-order valence-electron chi connectivity index (χ4n) is 0.496. The van der Waals surface area contributed by atoms with Crippen LogP contribution in [0, 0.1) is 0 Å². The molecule has 0 aromatic rings. The van der Waals surface area contributed by atoms with E-state index >= 15 is 0 Å². The van der Waals surface area contributed by atoms with Gasteiger partial charge in [-0.3, -0.25) is 0 Å². The van der Waals surface area contributed by atoms with Gasteiger partial charge in [-0.25, -0.2) is 0 Å². The van der Waals surface area contributed by atoms with Gasteiger partial charge in [0.05, 0.1) is 6.10 Å². The molecule has 0 aromatic heterocycles. The predicted molar refractivity (Wildman–Crippen MR) is 36.4 cm³/mol. The number of epoxide rings is 1. The first-order chi connectivity index (χ1) is 3.34. The first-order valence-electron chi connectivity index (χ1n) is 2.31. The number of ether oxygens (including phenoxy) is 1. The van der Waals surface area contributed by atoms with Crippen LogP contribution in [-0.2, 0) is 4.74 Å². The SMILES string of the molecule is N[C@H]1O[C@H]1CCI. The molecule has 42 valence electrons. The lowest BCUT2D eigenvalue weighted by atomic mass is 10.3. The van der Waals surface area contributed by atoms with Gasteiger partial charge in [-0.2, -0.15) is 0 Å². The monoisotopic (exact) mass is 213 g/mol. The smallest absolute Gasteiger partial charge is 0.132 e. The van der Waals surface area contributed by atoms with E-state index in [-0.39, 0.29) is 6.23 Å². The van der Waals surface area contributed by atoms with E-state index < -0.39 is 0 Å². The molecule has 0 saturated carbocycles. The maximum atomic E-state index is 5.33. The summed E-state index contributed by atoms with van der Waals surface area (Å²) in [5.41, 5.74) is 5.33. The maximum Gasteiger partial charge on any atom is 0.132 e. The summed E-state index contributed by atoms with van der Waals surface area (Å²) in [5.74, 6) is 0. The molecule has 0 unspecified atom stereocenters. The third-order valence-corrected chi connectivity index (χ3v) is 1.64. The quantitative estimate of drug-likeness (QED) is 0.412. The second-order valence-electron chi connectivity index (χ2n) is 1.62. The lowest BCUT2D eigenvalue weighted by Crippen LogP contribution is -2.04. The van der Waals surface area contributed by atoms with Crippen LogP contribution in [0.4, 0.5) is 0 Å². The summed E-state index contributed by atoms with van der Waals surface area (Å²) >= 11 is 2.32. The zero-order valence-electron chi connectivity index (χ0n) is 3.93. The molecule has 0 aromatic carbocycles. The maximum absolute atomic E-state index is 5.33. The van der Waals surface area contributed by atoms with Crippen molar-refractivity contribution in [2.75, 3.05) is 4.43 Å². The third kappa shape index (κ3) is 1.54. The molecule has 1 aliphatic heterocycles. The Morgan fingerprint density at radius 2 is 2.29 bits per heavy atom. The molecular weight excluding hydrogens is 205 g/mol. The van der Waals surface area contributed by atoms with E-state index in [1.165, 1.54) is 0 Å². The van der Waals surface area contributed by atoms with E-state index in [1.807, 2.05) is 0 Å². The molecule has 0 spiro atoms. The van der Waals surface area contributed by atoms with Crippen LogP contribution in [0.5, 0.6) is 0 Å². The van der Waals surface area contributed by atoms with Crippen molar-refractivity contribution in [1.29, 1.82) is 0 Å². The van der Waals surface area contributed by atoms with Crippen molar-refractivity contribution in [3.63, 3.8) is 0 Å². The number of rotatable bonds is 2. The zero-order chi connectivity index (χ0) is 5.28. The van der Waals surface area contributed by atoms with Crippen LogP contribution in [0.1, 0.15) is 6.42 Å². The average Bonchev–Trinajstić information content (AvgIpc) is 2.22. The first kappa shape index (κ1) is 5.78. The molecule has 0 amide bonds. The molecule has 0 radical (unpaired) electrons. The molecule has 2 atom stereocenters. The Bertz CT molecular complexity index is 68.7. The van der Waals surface area contributed by atoms with Crippen molar-refractivity contribution in [3.8, 4) is 0 Å². The standard InChI is InChI=1S/C4H8INO/c5-2-1-3-4(6)7-3/h3-4H,1-2,6H2/t3-,4-/m0/s1. The molecule has 1 saturated heterocycles. The van der Waals surface area contributed by atoms with E-state index in [0.717, 1.165) is 10.8 Å². The van der Waals surface area contributed by atoms with Crippen molar-refractivity contribution in [2.24, 2.45) is 5.73 Å². The second kappa shape index (κ2) is 2.28. The molecule has 2 N–H and O–H groups in total. The Kier molecular flexibility index (Phi) is 1.88. The molecule has 1 aliphatic rings. The fourth-order valence-corrected chi connectivity index (χ4v) is 1.11. The highest BCUT2D eigenvalue weighted by Crippen LogP contribution is 2.20. The Morgan fingerprint density at radius 1 is 1.71 bits per heavy atom. The van der Waals surface area contributed by atoms with Crippen LogP contribution in [0.25, 0.3) is 0 Å². The fraction of sp³-hybridized carbons (Fsp3) is 1.00. The minimum absolute atomic E-state index is 0.0646. The Morgan fingerprint density at radius 3 is 2.43 bits per heavy atom. The van der Waals surface area contributed by atoms with E-state index in [9.17, 15) is 0 Å². The van der Waals surface area contributed by atoms with Gasteiger partial charge in [-0.1, -0.05) is 22.6 Å². The van der Waals surface area contributed by atoms with Crippen LogP contribution < -0.4 is 5.73 Å². The normalized spacial score (nSPS) is 38.6. The Balaban J connectivity index is 1.98. The van der Waals surface area contributed by atoms with Gasteiger partial charge in [0, 0.05) is 4.43 Å². The second-order valence-corrected chi connectivity index (χ2v) is 2.70. The van der Waals surface area contributed by atoms with Crippen LogP contribution in [0.3, 0.4) is 0 Å². The number of halogens is 1. The molecule has 1 fully saturated rings. The molecule has 1 rings (SSSR count). The van der Waals surface area contributed by atoms with Gasteiger partial charge < -0.3 is 10.5 Å². The minimum atomic E-state index is 0.0646. The molecule has 7 heavy (non-hydrogen) atoms. The molecule has 3 heteroatoms. The summed E-state index contributed by atoms with van der Waals surface area (Å²) < 4.78 is 6.08. The average molecular weight is 213 g/mol. The summed E-state index contributed by atoms with van der Waals surface area (Å²) in [6.45, 7) is 0. The summed E-state index contributed by atoms with van der Waals surface area (Å²) in [6.07, 6.45) is 1.56. The topological polar surface area (TPSA) is 38.5 Å². The third-order valence-electron chi connectivity index (χ3n) is 1.02. The molecule has 1 heterocycles. The minimum Gasteiger partial charge on any atom is -0.353 e. The highest BCUT2D eigenvalue weighted by molar-refractivity contribution is 14.1. The van der Waals surface area contributed by atoms with Crippen molar-refractivity contribution >= 4 is 22.6 Å². The van der Waals surface area contributed by atoms with E-state index in [1.54, 1.807) is 0 Å². The first-order valence-corrected chi connectivity index (χ1v) is 3.84. The highest BCUT2D eigenvalue weighted by Gasteiger charge is 2.33. The van der Waals surface area contributed by atoms with Gasteiger partial charge >= 0.3 is 0 Å². The summed E-state index contributed by atoms with van der Waals surface area (Å²) in [4.78, 5) is 0. The summed E-state index contributed by atoms with van der Waals surface area (Å²) in [5, 5.41) is 0. The van der Waals surface area contributed by atoms with Crippen LogP contribution in [0.2, 0.25) is 0 Å². The van der Waals surface area contributed by atoms with Crippen LogP contribution in [0.15, 0.2) is 0 Å². The number of alkyl halides is 1. The van der Waals surface area contributed by atoms with E-state index in [2.05, 4.69) is 22.6 Å². The Labute approximate surface area is 56.5 Å². The van der Waals surface area contributed by atoms with Crippen molar-refractivity contribution in [2.45, 2.75) is 18.8 Å².